The minimum atomic E-state index is 0.859. The SMILES string of the molecule is CCNC(=NCCCCn1ccnc1C)N1CCC(C)CC1. The van der Waals surface area contributed by atoms with E-state index in [1.807, 2.05) is 6.20 Å². The van der Waals surface area contributed by atoms with Crippen LogP contribution in [0.5, 0.6) is 0 Å². The zero-order valence-electron chi connectivity index (χ0n) is 14.4. The minimum absolute atomic E-state index is 0.859. The number of aromatic nitrogens is 2. The maximum Gasteiger partial charge on any atom is 0.193 e. The average Bonchev–Trinajstić information content (AvgIpc) is 2.92. The predicted molar refractivity (Wildman–Crippen MR) is 92.1 cm³/mol. The predicted octanol–water partition coefficient (Wildman–Crippen LogP) is 2.67. The maximum absolute atomic E-state index is 4.81. The van der Waals surface area contributed by atoms with Crippen LogP contribution in [0.1, 0.15) is 45.4 Å². The fourth-order valence-corrected chi connectivity index (χ4v) is 2.87. The molecule has 1 aliphatic heterocycles. The van der Waals surface area contributed by atoms with E-state index >= 15 is 0 Å². The van der Waals surface area contributed by atoms with Crippen molar-refractivity contribution in [3.05, 3.63) is 18.2 Å². The highest BCUT2D eigenvalue weighted by Gasteiger charge is 2.18. The first-order chi connectivity index (χ1) is 10.7. The van der Waals surface area contributed by atoms with Gasteiger partial charge in [-0.25, -0.2) is 4.98 Å². The molecule has 0 spiro atoms. The fraction of sp³-hybridized carbons (Fsp3) is 0.765. The van der Waals surface area contributed by atoms with Crippen LogP contribution in [-0.2, 0) is 6.54 Å². The number of hydrogen-bond acceptors (Lipinski definition) is 2. The number of hydrogen-bond donors (Lipinski definition) is 1. The third-order valence-corrected chi connectivity index (χ3v) is 4.41. The molecule has 0 aromatic carbocycles. The lowest BCUT2D eigenvalue weighted by Crippen LogP contribution is -2.45. The molecule has 5 nitrogen and oxygen atoms in total. The van der Waals surface area contributed by atoms with Crippen molar-refractivity contribution in [3.8, 4) is 0 Å². The lowest BCUT2D eigenvalue weighted by Gasteiger charge is -2.33. The largest absolute Gasteiger partial charge is 0.357 e. The summed E-state index contributed by atoms with van der Waals surface area (Å²) in [6, 6.07) is 0. The Morgan fingerprint density at radius 3 is 2.77 bits per heavy atom. The van der Waals surface area contributed by atoms with E-state index in [0.29, 0.717) is 0 Å². The molecule has 0 amide bonds. The van der Waals surface area contributed by atoms with E-state index < -0.39 is 0 Å². The third kappa shape index (κ3) is 5.04. The smallest absolute Gasteiger partial charge is 0.193 e. The maximum atomic E-state index is 4.81. The Morgan fingerprint density at radius 1 is 1.36 bits per heavy atom. The zero-order chi connectivity index (χ0) is 15.8. The molecule has 1 aliphatic rings. The van der Waals surface area contributed by atoms with Gasteiger partial charge in [0.15, 0.2) is 5.96 Å². The van der Waals surface area contributed by atoms with Gasteiger partial charge in [-0.3, -0.25) is 4.99 Å². The second-order valence-corrected chi connectivity index (χ2v) is 6.28. The zero-order valence-corrected chi connectivity index (χ0v) is 14.4. The van der Waals surface area contributed by atoms with Gasteiger partial charge in [-0.2, -0.15) is 0 Å². The Labute approximate surface area is 134 Å². The molecule has 2 heterocycles. The Kier molecular flexibility index (Phi) is 6.74. The van der Waals surface area contributed by atoms with Gasteiger partial charge in [0.25, 0.3) is 0 Å². The fourth-order valence-electron chi connectivity index (χ4n) is 2.87. The van der Waals surface area contributed by atoms with Gasteiger partial charge < -0.3 is 14.8 Å². The van der Waals surface area contributed by atoms with E-state index in [4.69, 9.17) is 4.99 Å². The van der Waals surface area contributed by atoms with Crippen LogP contribution in [0.15, 0.2) is 17.4 Å². The van der Waals surface area contributed by atoms with Crippen LogP contribution in [0.3, 0.4) is 0 Å². The highest BCUT2D eigenvalue weighted by Crippen LogP contribution is 2.15. The quantitative estimate of drug-likeness (QED) is 0.499. The minimum Gasteiger partial charge on any atom is -0.357 e. The average molecular weight is 305 g/mol. The topological polar surface area (TPSA) is 45.5 Å². The summed E-state index contributed by atoms with van der Waals surface area (Å²) in [5.41, 5.74) is 0. The second kappa shape index (κ2) is 8.81. The number of unbranched alkanes of at least 4 members (excludes halogenated alkanes) is 1. The molecule has 1 aromatic rings. The van der Waals surface area contributed by atoms with E-state index in [-0.39, 0.29) is 0 Å². The van der Waals surface area contributed by atoms with Gasteiger partial charge in [0.2, 0.25) is 0 Å². The summed E-state index contributed by atoms with van der Waals surface area (Å²) in [7, 11) is 0. The molecular formula is C17H31N5. The number of aliphatic imine (C=N–C) groups is 1. The number of imidazole rings is 1. The molecule has 1 aromatic heterocycles. The van der Waals surface area contributed by atoms with Crippen molar-refractivity contribution in [1.29, 1.82) is 0 Å². The van der Waals surface area contributed by atoms with Crippen molar-refractivity contribution in [3.63, 3.8) is 0 Å². The first-order valence-corrected chi connectivity index (χ1v) is 8.71. The van der Waals surface area contributed by atoms with Crippen molar-refractivity contribution < 1.29 is 0 Å². The summed E-state index contributed by atoms with van der Waals surface area (Å²) < 4.78 is 2.21. The summed E-state index contributed by atoms with van der Waals surface area (Å²) in [5.74, 6) is 3.06. The Bertz CT molecular complexity index is 457. The lowest BCUT2D eigenvalue weighted by molar-refractivity contribution is 0.273. The van der Waals surface area contributed by atoms with E-state index in [0.717, 1.165) is 63.3 Å². The van der Waals surface area contributed by atoms with Crippen molar-refractivity contribution in [2.24, 2.45) is 10.9 Å². The number of piperidine rings is 1. The number of nitrogens with one attached hydrogen (secondary N) is 1. The first kappa shape index (κ1) is 16.8. The molecule has 0 bridgehead atoms. The van der Waals surface area contributed by atoms with Gasteiger partial charge >= 0.3 is 0 Å². The normalized spacial score (nSPS) is 17.0. The number of likely N-dealkylation sites (tertiary alicyclic amines) is 1. The van der Waals surface area contributed by atoms with Crippen LogP contribution < -0.4 is 5.32 Å². The van der Waals surface area contributed by atoms with Gasteiger partial charge in [-0.1, -0.05) is 6.92 Å². The standard InChI is InChI=1S/C17H31N5/c1-4-18-17(22-12-7-15(2)8-13-22)20-9-5-6-11-21-14-10-19-16(21)3/h10,14-15H,4-9,11-13H2,1-3H3,(H,18,20). The monoisotopic (exact) mass is 305 g/mol. The summed E-state index contributed by atoms with van der Waals surface area (Å²) in [5, 5.41) is 3.44. The molecule has 0 unspecified atom stereocenters. The van der Waals surface area contributed by atoms with Gasteiger partial charge in [0, 0.05) is 45.1 Å². The second-order valence-electron chi connectivity index (χ2n) is 6.28. The molecule has 0 aliphatic carbocycles. The molecule has 0 radical (unpaired) electrons. The highest BCUT2D eigenvalue weighted by atomic mass is 15.3. The van der Waals surface area contributed by atoms with Gasteiger partial charge in [0.1, 0.15) is 5.82 Å². The van der Waals surface area contributed by atoms with Gasteiger partial charge in [0.05, 0.1) is 0 Å². The Balaban J connectivity index is 1.74. The van der Waals surface area contributed by atoms with Crippen LogP contribution in [0.4, 0.5) is 0 Å². The van der Waals surface area contributed by atoms with Crippen LogP contribution in [-0.4, -0.2) is 46.6 Å². The molecule has 0 atom stereocenters. The summed E-state index contributed by atoms with van der Waals surface area (Å²) in [6.07, 6.45) is 8.76. The summed E-state index contributed by atoms with van der Waals surface area (Å²) in [6.45, 7) is 11.7. The molecule has 5 heteroatoms. The van der Waals surface area contributed by atoms with Gasteiger partial charge in [-0.05, 0) is 45.4 Å². The summed E-state index contributed by atoms with van der Waals surface area (Å²) >= 11 is 0. The van der Waals surface area contributed by atoms with Gasteiger partial charge in [-0.15, -0.1) is 0 Å². The molecule has 124 valence electrons. The van der Waals surface area contributed by atoms with E-state index in [2.05, 4.69) is 46.7 Å². The van der Waals surface area contributed by atoms with Crippen molar-refractivity contribution in [2.45, 2.75) is 53.0 Å². The molecule has 1 N–H and O–H groups in total. The Morgan fingerprint density at radius 2 is 2.14 bits per heavy atom. The molecule has 22 heavy (non-hydrogen) atoms. The molecular weight excluding hydrogens is 274 g/mol. The van der Waals surface area contributed by atoms with E-state index in [9.17, 15) is 0 Å². The number of rotatable bonds is 6. The number of nitrogens with zero attached hydrogens (tertiary/aromatic N) is 4. The third-order valence-electron chi connectivity index (χ3n) is 4.41. The van der Waals surface area contributed by atoms with Crippen LogP contribution in [0.2, 0.25) is 0 Å². The van der Waals surface area contributed by atoms with E-state index in [1.54, 1.807) is 0 Å². The van der Waals surface area contributed by atoms with Crippen LogP contribution in [0, 0.1) is 12.8 Å². The summed E-state index contributed by atoms with van der Waals surface area (Å²) in [4.78, 5) is 11.5. The Hall–Kier alpha value is -1.52. The molecule has 0 saturated carbocycles. The van der Waals surface area contributed by atoms with E-state index in [1.165, 1.54) is 12.8 Å². The van der Waals surface area contributed by atoms with Crippen molar-refractivity contribution in [1.82, 2.24) is 19.8 Å². The molecule has 2 rings (SSSR count). The lowest BCUT2D eigenvalue weighted by atomic mass is 10.00. The van der Waals surface area contributed by atoms with Crippen molar-refractivity contribution >= 4 is 5.96 Å². The highest BCUT2D eigenvalue weighted by molar-refractivity contribution is 5.80. The number of aryl methyl sites for hydroxylation is 2. The molecule has 1 saturated heterocycles. The molecule has 1 fully saturated rings. The van der Waals surface area contributed by atoms with Crippen LogP contribution >= 0.6 is 0 Å². The first-order valence-electron chi connectivity index (χ1n) is 8.71. The van der Waals surface area contributed by atoms with Crippen molar-refractivity contribution in [2.75, 3.05) is 26.2 Å². The van der Waals surface area contributed by atoms with Crippen LogP contribution in [0.25, 0.3) is 0 Å². The number of guanidine groups is 1.